The van der Waals surface area contributed by atoms with Gasteiger partial charge in [-0.25, -0.2) is 4.79 Å². The predicted octanol–water partition coefficient (Wildman–Crippen LogP) is 4.24. The van der Waals surface area contributed by atoms with Gasteiger partial charge in [-0.3, -0.25) is 9.69 Å². The highest BCUT2D eigenvalue weighted by Gasteiger charge is 2.28. The first kappa shape index (κ1) is 19.2. The van der Waals surface area contributed by atoms with Crippen molar-refractivity contribution < 1.29 is 18.7 Å². The predicted molar refractivity (Wildman–Crippen MR) is 108 cm³/mol. The van der Waals surface area contributed by atoms with Crippen LogP contribution in [0.2, 0.25) is 0 Å². The van der Waals surface area contributed by atoms with Crippen LogP contribution in [0.15, 0.2) is 16.5 Å². The largest absolute Gasteiger partial charge is 0.462 e. The molecule has 150 valence electrons. The van der Waals surface area contributed by atoms with Gasteiger partial charge in [0.1, 0.15) is 10.8 Å². The highest BCUT2D eigenvalue weighted by Crippen LogP contribution is 2.38. The molecule has 2 aliphatic rings. The van der Waals surface area contributed by atoms with Gasteiger partial charge in [0.15, 0.2) is 5.76 Å². The summed E-state index contributed by atoms with van der Waals surface area (Å²) in [6.07, 6.45) is 6.41. The van der Waals surface area contributed by atoms with Crippen molar-refractivity contribution in [3.05, 3.63) is 39.7 Å². The monoisotopic (exact) mass is 402 g/mol. The van der Waals surface area contributed by atoms with Crippen LogP contribution in [0.4, 0.5) is 5.00 Å². The summed E-state index contributed by atoms with van der Waals surface area (Å²) in [6.45, 7) is 4.99. The van der Waals surface area contributed by atoms with E-state index in [1.54, 1.807) is 13.0 Å². The lowest BCUT2D eigenvalue weighted by Gasteiger charge is -2.12. The number of nitrogens with one attached hydrogen (secondary N) is 1. The van der Waals surface area contributed by atoms with Crippen molar-refractivity contribution in [1.29, 1.82) is 0 Å². The first-order chi connectivity index (χ1) is 13.7. The molecule has 4 rings (SSSR count). The molecule has 1 saturated heterocycles. The summed E-state index contributed by atoms with van der Waals surface area (Å²) in [4.78, 5) is 28.8. The Kier molecular flexibility index (Phi) is 5.82. The Labute approximate surface area is 168 Å². The highest BCUT2D eigenvalue weighted by molar-refractivity contribution is 7.17. The van der Waals surface area contributed by atoms with E-state index in [1.165, 1.54) is 29.1 Å². The molecule has 0 radical (unpaired) electrons. The smallest absolute Gasteiger partial charge is 0.341 e. The molecule has 28 heavy (non-hydrogen) atoms. The van der Waals surface area contributed by atoms with E-state index in [0.717, 1.165) is 56.6 Å². The molecule has 0 bridgehead atoms. The van der Waals surface area contributed by atoms with Crippen LogP contribution in [-0.2, 0) is 24.1 Å². The van der Waals surface area contributed by atoms with Crippen LogP contribution >= 0.6 is 11.3 Å². The van der Waals surface area contributed by atoms with E-state index in [4.69, 9.17) is 9.15 Å². The van der Waals surface area contributed by atoms with Gasteiger partial charge in [-0.05, 0) is 76.2 Å². The molecule has 0 unspecified atom stereocenters. The minimum Gasteiger partial charge on any atom is -0.462 e. The van der Waals surface area contributed by atoms with Crippen LogP contribution in [0.3, 0.4) is 0 Å². The average molecular weight is 403 g/mol. The Morgan fingerprint density at radius 3 is 2.75 bits per heavy atom. The number of aryl methyl sites for hydroxylation is 1. The maximum absolute atomic E-state index is 12.7. The summed E-state index contributed by atoms with van der Waals surface area (Å²) >= 11 is 1.49. The van der Waals surface area contributed by atoms with Crippen molar-refractivity contribution in [1.82, 2.24) is 4.90 Å². The molecule has 0 atom stereocenters. The van der Waals surface area contributed by atoms with Gasteiger partial charge in [-0.15, -0.1) is 11.3 Å². The summed E-state index contributed by atoms with van der Waals surface area (Å²) in [5, 5.41) is 3.48. The van der Waals surface area contributed by atoms with Crippen molar-refractivity contribution in [3.63, 3.8) is 0 Å². The number of carbonyl (C=O) groups is 2. The number of amides is 1. The van der Waals surface area contributed by atoms with Crippen molar-refractivity contribution in [2.75, 3.05) is 25.0 Å². The maximum Gasteiger partial charge on any atom is 0.341 e. The number of esters is 1. The number of hydrogen-bond donors (Lipinski definition) is 1. The molecule has 0 aromatic carbocycles. The molecule has 0 saturated carbocycles. The van der Waals surface area contributed by atoms with Gasteiger partial charge in [0.25, 0.3) is 5.91 Å². The Morgan fingerprint density at radius 2 is 1.96 bits per heavy atom. The Morgan fingerprint density at radius 1 is 1.18 bits per heavy atom. The number of furan rings is 1. The number of likely N-dealkylation sites (tertiary alicyclic amines) is 1. The zero-order chi connectivity index (χ0) is 19.5. The normalized spacial score (nSPS) is 16.8. The third-order valence-corrected chi connectivity index (χ3v) is 6.55. The molecule has 7 heteroatoms. The van der Waals surface area contributed by atoms with Crippen LogP contribution < -0.4 is 5.32 Å². The second kappa shape index (κ2) is 8.49. The number of fused-ring (bicyclic) bond motifs is 1. The van der Waals surface area contributed by atoms with Crippen LogP contribution in [0.25, 0.3) is 0 Å². The second-order valence-electron chi connectivity index (χ2n) is 7.34. The molecule has 2 aromatic heterocycles. The Balaban J connectivity index is 1.52. The summed E-state index contributed by atoms with van der Waals surface area (Å²) in [6, 6.07) is 3.57. The van der Waals surface area contributed by atoms with E-state index in [1.807, 2.05) is 6.07 Å². The summed E-state index contributed by atoms with van der Waals surface area (Å²) < 4.78 is 11.0. The summed E-state index contributed by atoms with van der Waals surface area (Å²) in [7, 11) is 0. The van der Waals surface area contributed by atoms with E-state index >= 15 is 0 Å². The molecule has 0 spiro atoms. The van der Waals surface area contributed by atoms with Gasteiger partial charge < -0.3 is 14.5 Å². The molecule has 1 N–H and O–H groups in total. The second-order valence-corrected chi connectivity index (χ2v) is 8.44. The fraction of sp³-hybridized carbons (Fsp3) is 0.524. The molecule has 1 aliphatic carbocycles. The summed E-state index contributed by atoms with van der Waals surface area (Å²) in [5.41, 5.74) is 1.57. The van der Waals surface area contributed by atoms with E-state index < -0.39 is 0 Å². The number of rotatable bonds is 6. The zero-order valence-electron chi connectivity index (χ0n) is 16.2. The van der Waals surface area contributed by atoms with Crippen LogP contribution in [0.5, 0.6) is 0 Å². The quantitative estimate of drug-likeness (QED) is 0.732. The number of carbonyl (C=O) groups excluding carboxylic acids is 2. The fourth-order valence-corrected chi connectivity index (χ4v) is 5.26. The van der Waals surface area contributed by atoms with Crippen LogP contribution in [-0.4, -0.2) is 36.5 Å². The van der Waals surface area contributed by atoms with Crippen molar-refractivity contribution in [3.8, 4) is 0 Å². The van der Waals surface area contributed by atoms with E-state index in [-0.39, 0.29) is 17.6 Å². The third kappa shape index (κ3) is 4.00. The van der Waals surface area contributed by atoms with Gasteiger partial charge in [-0.2, -0.15) is 0 Å². The molecule has 1 fully saturated rings. The van der Waals surface area contributed by atoms with E-state index in [0.29, 0.717) is 17.2 Å². The molecule has 6 nitrogen and oxygen atoms in total. The number of thiophene rings is 1. The molecule has 2 aromatic rings. The first-order valence-corrected chi connectivity index (χ1v) is 10.9. The maximum atomic E-state index is 12.7. The molecular weight excluding hydrogens is 376 g/mol. The van der Waals surface area contributed by atoms with E-state index in [9.17, 15) is 9.59 Å². The number of nitrogens with zero attached hydrogens (tertiary/aromatic N) is 1. The van der Waals surface area contributed by atoms with Crippen molar-refractivity contribution >= 4 is 28.2 Å². The Hall–Kier alpha value is -2.12. The highest BCUT2D eigenvalue weighted by atomic mass is 32.1. The van der Waals surface area contributed by atoms with Gasteiger partial charge in [0.05, 0.1) is 18.7 Å². The van der Waals surface area contributed by atoms with Crippen molar-refractivity contribution in [2.45, 2.75) is 52.0 Å². The lowest BCUT2D eigenvalue weighted by Crippen LogP contribution is -2.18. The topological polar surface area (TPSA) is 71.8 Å². The SMILES string of the molecule is CCOC(=O)c1c(NC(=O)c2ccc(CN3CCCC3)o2)sc2c1CCCC2. The first-order valence-electron chi connectivity index (χ1n) is 10.1. The average Bonchev–Trinajstić information content (AvgIpc) is 3.41. The minimum absolute atomic E-state index is 0.273. The number of hydrogen-bond acceptors (Lipinski definition) is 6. The van der Waals surface area contributed by atoms with Crippen LogP contribution in [0.1, 0.15) is 69.7 Å². The zero-order valence-corrected chi connectivity index (χ0v) is 17.0. The van der Waals surface area contributed by atoms with Crippen LogP contribution in [0, 0.1) is 0 Å². The number of ether oxygens (including phenoxy) is 1. The Bertz CT molecular complexity index is 864. The van der Waals surface area contributed by atoms with Crippen molar-refractivity contribution in [2.24, 2.45) is 0 Å². The van der Waals surface area contributed by atoms with Gasteiger partial charge >= 0.3 is 5.97 Å². The standard InChI is InChI=1S/C21H26N2O4S/c1-2-26-21(25)18-15-7-3-4-8-17(15)28-20(18)22-19(24)16-10-9-14(27-16)13-23-11-5-6-12-23/h9-10H,2-8,11-13H2,1H3,(H,22,24). The third-order valence-electron chi connectivity index (χ3n) is 5.34. The molecule has 1 amide bonds. The van der Waals surface area contributed by atoms with Gasteiger partial charge in [0.2, 0.25) is 0 Å². The summed E-state index contributed by atoms with van der Waals surface area (Å²) in [5.74, 6) is 0.390. The molecule has 3 heterocycles. The number of anilines is 1. The fourth-order valence-electron chi connectivity index (χ4n) is 3.98. The molecule has 1 aliphatic heterocycles. The lowest BCUT2D eigenvalue weighted by molar-refractivity contribution is 0.0526. The van der Waals surface area contributed by atoms with E-state index in [2.05, 4.69) is 10.2 Å². The lowest BCUT2D eigenvalue weighted by atomic mass is 9.95. The van der Waals surface area contributed by atoms with Gasteiger partial charge in [0, 0.05) is 4.88 Å². The van der Waals surface area contributed by atoms with Gasteiger partial charge in [-0.1, -0.05) is 0 Å². The molecular formula is C21H26N2O4S. The minimum atomic E-state index is -0.355.